The number of nitrogens with one attached hydrogen (secondary N) is 1. The summed E-state index contributed by atoms with van der Waals surface area (Å²) in [4.78, 5) is 8.58. The topological polar surface area (TPSA) is 47.0 Å². The Bertz CT molecular complexity index is 727. The first kappa shape index (κ1) is 12.4. The quantitative estimate of drug-likeness (QED) is 0.786. The minimum absolute atomic E-state index is 0.736. The number of hydrogen-bond acceptors (Lipinski definition) is 4. The monoisotopic (exact) mass is 265 g/mol. The van der Waals surface area contributed by atoms with Gasteiger partial charge in [-0.25, -0.2) is 0 Å². The second-order valence-electron chi connectivity index (χ2n) is 4.46. The maximum absolute atomic E-state index is 5.21. The Labute approximate surface area is 117 Å². The van der Waals surface area contributed by atoms with Gasteiger partial charge in [0.05, 0.1) is 18.1 Å². The molecule has 20 heavy (non-hydrogen) atoms. The average molecular weight is 265 g/mol. The summed E-state index contributed by atoms with van der Waals surface area (Å²) in [5.74, 6) is 0.847. The minimum Gasteiger partial charge on any atom is -0.497 e. The maximum atomic E-state index is 5.21. The first-order valence-electron chi connectivity index (χ1n) is 6.43. The second-order valence-corrected chi connectivity index (χ2v) is 4.46. The fourth-order valence-electron chi connectivity index (χ4n) is 2.06. The van der Waals surface area contributed by atoms with Crippen LogP contribution in [0.25, 0.3) is 11.0 Å². The molecule has 3 aromatic rings. The molecular weight excluding hydrogens is 250 g/mol. The molecule has 1 aromatic heterocycles. The van der Waals surface area contributed by atoms with E-state index >= 15 is 0 Å². The predicted molar refractivity (Wildman–Crippen MR) is 79.9 cm³/mol. The van der Waals surface area contributed by atoms with Crippen LogP contribution in [0.5, 0.6) is 5.75 Å². The first-order chi connectivity index (χ1) is 9.85. The zero-order chi connectivity index (χ0) is 13.8. The molecule has 0 fully saturated rings. The van der Waals surface area contributed by atoms with Crippen LogP contribution in [-0.4, -0.2) is 17.1 Å². The van der Waals surface area contributed by atoms with Crippen molar-refractivity contribution in [3.8, 4) is 5.75 Å². The standard InChI is InChI=1S/C16H15N3O/c1-20-14-4-2-3-13(10-14)19-11-12-5-6-15-16(9-12)18-8-7-17-15/h2-10,19H,11H2,1H3. The Balaban J connectivity index is 1.76. The third kappa shape index (κ3) is 2.69. The molecule has 0 aliphatic rings. The summed E-state index contributed by atoms with van der Waals surface area (Å²) in [6.07, 6.45) is 3.41. The van der Waals surface area contributed by atoms with Crippen LogP contribution in [0, 0.1) is 0 Å². The van der Waals surface area contributed by atoms with Gasteiger partial charge < -0.3 is 10.1 Å². The van der Waals surface area contributed by atoms with E-state index < -0.39 is 0 Å². The lowest BCUT2D eigenvalue weighted by Crippen LogP contribution is -1.99. The van der Waals surface area contributed by atoms with Crippen molar-refractivity contribution in [1.29, 1.82) is 0 Å². The van der Waals surface area contributed by atoms with Crippen LogP contribution < -0.4 is 10.1 Å². The van der Waals surface area contributed by atoms with E-state index in [-0.39, 0.29) is 0 Å². The third-order valence-corrected chi connectivity index (χ3v) is 3.10. The third-order valence-electron chi connectivity index (χ3n) is 3.10. The van der Waals surface area contributed by atoms with Gasteiger partial charge in [-0.3, -0.25) is 9.97 Å². The van der Waals surface area contributed by atoms with Crippen LogP contribution in [0.4, 0.5) is 5.69 Å². The first-order valence-corrected chi connectivity index (χ1v) is 6.43. The number of rotatable bonds is 4. The van der Waals surface area contributed by atoms with Gasteiger partial charge in [-0.1, -0.05) is 12.1 Å². The van der Waals surface area contributed by atoms with E-state index in [0.717, 1.165) is 29.0 Å². The van der Waals surface area contributed by atoms with Crippen molar-refractivity contribution >= 4 is 16.7 Å². The SMILES string of the molecule is COc1cccc(NCc2ccc3nccnc3c2)c1. The highest BCUT2D eigenvalue weighted by Crippen LogP contribution is 2.18. The van der Waals surface area contributed by atoms with Crippen LogP contribution in [0.1, 0.15) is 5.56 Å². The van der Waals surface area contributed by atoms with Crippen LogP contribution in [0.3, 0.4) is 0 Å². The minimum atomic E-state index is 0.736. The summed E-state index contributed by atoms with van der Waals surface area (Å²) in [5, 5.41) is 3.37. The Morgan fingerprint density at radius 2 is 1.85 bits per heavy atom. The lowest BCUT2D eigenvalue weighted by molar-refractivity contribution is 0.415. The number of hydrogen-bond donors (Lipinski definition) is 1. The predicted octanol–water partition coefficient (Wildman–Crippen LogP) is 3.25. The Hall–Kier alpha value is -2.62. The van der Waals surface area contributed by atoms with Crippen LogP contribution in [0.15, 0.2) is 54.9 Å². The van der Waals surface area contributed by atoms with E-state index in [1.165, 1.54) is 5.56 Å². The highest BCUT2D eigenvalue weighted by Gasteiger charge is 1.99. The van der Waals surface area contributed by atoms with Crippen LogP contribution >= 0.6 is 0 Å². The number of methoxy groups -OCH3 is 1. The van der Waals surface area contributed by atoms with E-state index in [2.05, 4.69) is 27.4 Å². The van der Waals surface area contributed by atoms with Gasteiger partial charge in [0.1, 0.15) is 5.75 Å². The molecule has 3 rings (SSSR count). The van der Waals surface area contributed by atoms with Crippen LogP contribution in [0.2, 0.25) is 0 Å². The maximum Gasteiger partial charge on any atom is 0.120 e. The lowest BCUT2D eigenvalue weighted by Gasteiger charge is -2.08. The van der Waals surface area contributed by atoms with Crippen molar-refractivity contribution in [1.82, 2.24) is 9.97 Å². The van der Waals surface area contributed by atoms with E-state index in [4.69, 9.17) is 4.74 Å². The Morgan fingerprint density at radius 1 is 1.00 bits per heavy atom. The summed E-state index contributed by atoms with van der Waals surface area (Å²) in [7, 11) is 1.67. The number of anilines is 1. The van der Waals surface area contributed by atoms with E-state index in [9.17, 15) is 0 Å². The van der Waals surface area contributed by atoms with Gasteiger partial charge in [-0.05, 0) is 29.8 Å². The molecule has 1 N–H and O–H groups in total. The number of aromatic nitrogens is 2. The van der Waals surface area contributed by atoms with Crippen LogP contribution in [-0.2, 0) is 6.54 Å². The molecule has 0 saturated carbocycles. The Kier molecular flexibility index (Phi) is 3.46. The van der Waals surface area contributed by atoms with Gasteiger partial charge >= 0.3 is 0 Å². The van der Waals surface area contributed by atoms with E-state index in [0.29, 0.717) is 0 Å². The average Bonchev–Trinajstić information content (AvgIpc) is 2.53. The van der Waals surface area contributed by atoms with Gasteiger partial charge in [0.2, 0.25) is 0 Å². The zero-order valence-corrected chi connectivity index (χ0v) is 11.2. The van der Waals surface area contributed by atoms with E-state index in [1.807, 2.05) is 30.3 Å². The van der Waals surface area contributed by atoms with Gasteiger partial charge in [-0.2, -0.15) is 0 Å². The summed E-state index contributed by atoms with van der Waals surface area (Å²) in [6, 6.07) is 14.0. The van der Waals surface area contributed by atoms with Crippen molar-refractivity contribution in [3.05, 3.63) is 60.4 Å². The summed E-state index contributed by atoms with van der Waals surface area (Å²) >= 11 is 0. The van der Waals surface area contributed by atoms with Crippen molar-refractivity contribution in [2.45, 2.75) is 6.54 Å². The molecule has 0 spiro atoms. The molecule has 0 amide bonds. The van der Waals surface area contributed by atoms with Gasteiger partial charge in [0, 0.05) is 30.7 Å². The summed E-state index contributed by atoms with van der Waals surface area (Å²) < 4.78 is 5.21. The highest BCUT2D eigenvalue weighted by molar-refractivity contribution is 5.74. The molecule has 0 aliphatic heterocycles. The molecule has 4 nitrogen and oxygen atoms in total. The molecule has 0 saturated heterocycles. The Morgan fingerprint density at radius 3 is 2.70 bits per heavy atom. The molecule has 1 heterocycles. The molecule has 0 atom stereocenters. The molecular formula is C16H15N3O. The van der Waals surface area contributed by atoms with E-state index in [1.54, 1.807) is 19.5 Å². The van der Waals surface area contributed by atoms with Crippen molar-refractivity contribution < 1.29 is 4.74 Å². The number of nitrogens with zero attached hydrogens (tertiary/aromatic N) is 2. The van der Waals surface area contributed by atoms with Crippen molar-refractivity contribution in [3.63, 3.8) is 0 Å². The van der Waals surface area contributed by atoms with Gasteiger partial charge in [-0.15, -0.1) is 0 Å². The fraction of sp³-hybridized carbons (Fsp3) is 0.125. The zero-order valence-electron chi connectivity index (χ0n) is 11.2. The molecule has 0 bridgehead atoms. The number of benzene rings is 2. The molecule has 0 unspecified atom stereocenters. The molecule has 0 aliphatic carbocycles. The normalized spacial score (nSPS) is 10.4. The lowest BCUT2D eigenvalue weighted by atomic mass is 10.2. The molecule has 100 valence electrons. The highest BCUT2D eigenvalue weighted by atomic mass is 16.5. The summed E-state index contributed by atoms with van der Waals surface area (Å²) in [5.41, 5.74) is 4.03. The van der Waals surface area contributed by atoms with Gasteiger partial charge in [0.25, 0.3) is 0 Å². The van der Waals surface area contributed by atoms with Gasteiger partial charge in [0.15, 0.2) is 0 Å². The second kappa shape index (κ2) is 5.57. The van der Waals surface area contributed by atoms with Crippen molar-refractivity contribution in [2.24, 2.45) is 0 Å². The molecule has 4 heteroatoms. The number of ether oxygens (including phenoxy) is 1. The number of fused-ring (bicyclic) bond motifs is 1. The molecule has 2 aromatic carbocycles. The molecule has 0 radical (unpaired) electrons. The van der Waals surface area contributed by atoms with Crippen molar-refractivity contribution in [2.75, 3.05) is 12.4 Å². The largest absolute Gasteiger partial charge is 0.497 e. The smallest absolute Gasteiger partial charge is 0.120 e. The summed E-state index contributed by atoms with van der Waals surface area (Å²) in [6.45, 7) is 0.736. The fourth-order valence-corrected chi connectivity index (χ4v) is 2.06.